The highest BCUT2D eigenvalue weighted by Gasteiger charge is 2.34. The molecule has 5 heteroatoms. The molecule has 1 aromatic carbocycles. The maximum atomic E-state index is 12.1. The highest BCUT2D eigenvalue weighted by molar-refractivity contribution is 7.91. The van der Waals surface area contributed by atoms with E-state index in [2.05, 4.69) is 10.3 Å². The average molecular weight is 274 g/mol. The molecule has 1 atom stereocenters. The molecular weight excluding hydrogens is 260 g/mol. The number of pyridine rings is 1. The molecule has 1 unspecified atom stereocenters. The first-order chi connectivity index (χ1) is 9.08. The molecule has 0 saturated heterocycles. The first-order valence-electron chi connectivity index (χ1n) is 6.07. The van der Waals surface area contributed by atoms with Gasteiger partial charge in [-0.3, -0.25) is 4.98 Å². The number of nitrogens with one attached hydrogen (secondary N) is 1. The van der Waals surface area contributed by atoms with Gasteiger partial charge in [-0.1, -0.05) is 18.2 Å². The van der Waals surface area contributed by atoms with Crippen LogP contribution >= 0.6 is 0 Å². The van der Waals surface area contributed by atoms with E-state index in [0.29, 0.717) is 4.90 Å². The zero-order valence-electron chi connectivity index (χ0n) is 10.5. The fourth-order valence-electron chi connectivity index (χ4n) is 2.39. The van der Waals surface area contributed by atoms with Gasteiger partial charge in [-0.15, -0.1) is 0 Å². The van der Waals surface area contributed by atoms with Crippen LogP contribution in [0.1, 0.15) is 17.2 Å². The van der Waals surface area contributed by atoms with Crippen LogP contribution in [-0.2, 0) is 9.84 Å². The van der Waals surface area contributed by atoms with Crippen LogP contribution in [0.2, 0.25) is 0 Å². The summed E-state index contributed by atoms with van der Waals surface area (Å²) in [5.74, 6) is 0.105. The molecule has 0 saturated carbocycles. The van der Waals surface area contributed by atoms with Crippen molar-refractivity contribution < 1.29 is 8.42 Å². The van der Waals surface area contributed by atoms with Crippen molar-refractivity contribution in [3.8, 4) is 0 Å². The largest absolute Gasteiger partial charge is 0.377 e. The van der Waals surface area contributed by atoms with E-state index in [1.54, 1.807) is 24.5 Å². The fraction of sp³-hybridized carbons (Fsp3) is 0.214. The van der Waals surface area contributed by atoms with Crippen molar-refractivity contribution in [2.24, 2.45) is 0 Å². The molecule has 1 aliphatic rings. The molecule has 0 radical (unpaired) electrons. The SMILES string of the molecule is Cc1cnccc1NC1CS(=O)(=O)c2ccccc21. The van der Waals surface area contributed by atoms with E-state index >= 15 is 0 Å². The van der Waals surface area contributed by atoms with Crippen molar-refractivity contribution in [2.75, 3.05) is 11.1 Å². The van der Waals surface area contributed by atoms with Crippen molar-refractivity contribution in [1.29, 1.82) is 0 Å². The summed E-state index contributed by atoms with van der Waals surface area (Å²) < 4.78 is 24.2. The van der Waals surface area contributed by atoms with E-state index in [9.17, 15) is 8.42 Å². The molecule has 1 aliphatic heterocycles. The van der Waals surface area contributed by atoms with E-state index in [1.165, 1.54) is 0 Å². The molecule has 2 heterocycles. The second kappa shape index (κ2) is 4.35. The van der Waals surface area contributed by atoms with Gasteiger partial charge < -0.3 is 5.32 Å². The minimum atomic E-state index is -3.17. The highest BCUT2D eigenvalue weighted by atomic mass is 32.2. The summed E-state index contributed by atoms with van der Waals surface area (Å²) in [7, 11) is -3.17. The number of hydrogen-bond acceptors (Lipinski definition) is 4. The Hall–Kier alpha value is -1.88. The highest BCUT2D eigenvalue weighted by Crippen LogP contribution is 2.35. The molecule has 0 aliphatic carbocycles. The van der Waals surface area contributed by atoms with Gasteiger partial charge in [0.05, 0.1) is 16.7 Å². The summed E-state index contributed by atoms with van der Waals surface area (Å²) in [4.78, 5) is 4.48. The van der Waals surface area contributed by atoms with Crippen LogP contribution in [0, 0.1) is 6.92 Å². The summed E-state index contributed by atoms with van der Waals surface area (Å²) in [6.45, 7) is 1.95. The van der Waals surface area contributed by atoms with Gasteiger partial charge in [-0.25, -0.2) is 8.42 Å². The van der Waals surface area contributed by atoms with Gasteiger partial charge in [0, 0.05) is 18.1 Å². The topological polar surface area (TPSA) is 59.1 Å². The molecule has 1 N–H and O–H groups in total. The van der Waals surface area contributed by atoms with Crippen molar-refractivity contribution in [3.63, 3.8) is 0 Å². The Bertz CT molecular complexity index is 726. The summed E-state index contributed by atoms with van der Waals surface area (Å²) in [6, 6.07) is 8.84. The predicted molar refractivity (Wildman–Crippen MR) is 73.8 cm³/mol. The number of benzene rings is 1. The Morgan fingerprint density at radius 3 is 2.84 bits per heavy atom. The van der Waals surface area contributed by atoms with E-state index in [1.807, 2.05) is 25.1 Å². The van der Waals surface area contributed by atoms with E-state index in [0.717, 1.165) is 16.8 Å². The lowest BCUT2D eigenvalue weighted by atomic mass is 10.1. The summed E-state index contributed by atoms with van der Waals surface area (Å²) in [5.41, 5.74) is 2.77. The summed E-state index contributed by atoms with van der Waals surface area (Å²) in [5, 5.41) is 3.30. The lowest BCUT2D eigenvalue weighted by Gasteiger charge is -2.15. The normalized spacial score (nSPS) is 19.9. The number of sulfone groups is 1. The first-order valence-corrected chi connectivity index (χ1v) is 7.72. The van der Waals surface area contributed by atoms with Gasteiger partial charge in [-0.2, -0.15) is 0 Å². The molecule has 19 heavy (non-hydrogen) atoms. The van der Waals surface area contributed by atoms with Crippen molar-refractivity contribution in [3.05, 3.63) is 53.9 Å². The fourth-order valence-corrected chi connectivity index (χ4v) is 4.13. The number of rotatable bonds is 2. The van der Waals surface area contributed by atoms with Crippen LogP contribution in [-0.4, -0.2) is 19.2 Å². The van der Waals surface area contributed by atoms with Crippen molar-refractivity contribution in [1.82, 2.24) is 4.98 Å². The summed E-state index contributed by atoms with van der Waals surface area (Å²) in [6.07, 6.45) is 3.46. The molecule has 98 valence electrons. The van der Waals surface area contributed by atoms with Crippen LogP contribution in [0.25, 0.3) is 0 Å². The van der Waals surface area contributed by atoms with Crippen LogP contribution < -0.4 is 5.32 Å². The lowest BCUT2D eigenvalue weighted by molar-refractivity contribution is 0.598. The Kier molecular flexibility index (Phi) is 2.78. The van der Waals surface area contributed by atoms with E-state index < -0.39 is 9.84 Å². The Balaban J connectivity index is 1.99. The zero-order valence-corrected chi connectivity index (χ0v) is 11.3. The monoisotopic (exact) mass is 274 g/mol. The molecule has 0 bridgehead atoms. The maximum Gasteiger partial charge on any atom is 0.181 e. The smallest absolute Gasteiger partial charge is 0.181 e. The van der Waals surface area contributed by atoms with Crippen molar-refractivity contribution in [2.45, 2.75) is 17.9 Å². The van der Waals surface area contributed by atoms with Gasteiger partial charge in [0.15, 0.2) is 9.84 Å². The van der Waals surface area contributed by atoms with Crippen LogP contribution in [0.3, 0.4) is 0 Å². The third-order valence-electron chi connectivity index (χ3n) is 3.37. The average Bonchev–Trinajstić information content (AvgIpc) is 2.65. The molecule has 2 aromatic rings. The molecule has 4 nitrogen and oxygen atoms in total. The van der Waals surface area contributed by atoms with Crippen LogP contribution in [0.15, 0.2) is 47.6 Å². The zero-order chi connectivity index (χ0) is 13.5. The van der Waals surface area contributed by atoms with Gasteiger partial charge >= 0.3 is 0 Å². The number of hydrogen-bond donors (Lipinski definition) is 1. The molecule has 1 aromatic heterocycles. The van der Waals surface area contributed by atoms with Crippen molar-refractivity contribution >= 4 is 15.5 Å². The van der Waals surface area contributed by atoms with Gasteiger partial charge in [0.25, 0.3) is 0 Å². The second-order valence-electron chi connectivity index (χ2n) is 4.71. The molecular formula is C14H14N2O2S. The third-order valence-corrected chi connectivity index (χ3v) is 5.18. The van der Waals surface area contributed by atoms with Gasteiger partial charge in [0.2, 0.25) is 0 Å². The minimum Gasteiger partial charge on any atom is -0.377 e. The molecule has 0 fully saturated rings. The maximum absolute atomic E-state index is 12.1. The molecule has 0 amide bonds. The number of nitrogens with zero attached hydrogens (tertiary/aromatic N) is 1. The van der Waals surface area contributed by atoms with Gasteiger partial charge in [-0.05, 0) is 30.2 Å². The first kappa shape index (κ1) is 12.2. The van der Waals surface area contributed by atoms with Gasteiger partial charge in [0.1, 0.15) is 0 Å². The predicted octanol–water partition coefficient (Wildman–Crippen LogP) is 2.33. The number of aryl methyl sites for hydroxylation is 1. The number of aromatic nitrogens is 1. The summed E-state index contributed by atoms with van der Waals surface area (Å²) >= 11 is 0. The van der Waals surface area contributed by atoms with E-state index in [-0.39, 0.29) is 11.8 Å². The standard InChI is InChI=1S/C14H14N2O2S/c1-10-8-15-7-6-12(10)16-13-9-19(17,18)14-5-3-2-4-11(13)14/h2-8,13H,9H2,1H3,(H,15,16). The quantitative estimate of drug-likeness (QED) is 0.913. The van der Waals surface area contributed by atoms with Crippen LogP contribution in [0.5, 0.6) is 0 Å². The Morgan fingerprint density at radius 2 is 2.05 bits per heavy atom. The molecule has 3 rings (SSSR count). The molecule has 0 spiro atoms. The minimum absolute atomic E-state index is 0.105. The second-order valence-corrected chi connectivity index (χ2v) is 6.71. The van der Waals surface area contributed by atoms with Crippen LogP contribution in [0.4, 0.5) is 5.69 Å². The number of fused-ring (bicyclic) bond motifs is 1. The lowest BCUT2D eigenvalue weighted by Crippen LogP contribution is -2.13. The Morgan fingerprint density at radius 1 is 1.26 bits per heavy atom. The Labute approximate surface area is 112 Å². The van der Waals surface area contributed by atoms with E-state index in [4.69, 9.17) is 0 Å². The third kappa shape index (κ3) is 2.10. The number of anilines is 1.